The Morgan fingerprint density at radius 3 is 2.77 bits per heavy atom. The lowest BCUT2D eigenvalue weighted by atomic mass is 9.83. The number of aliphatic imine (C=N–C) groups is 1. The van der Waals surface area contributed by atoms with Crippen molar-refractivity contribution in [1.29, 1.82) is 0 Å². The molecule has 1 fully saturated rings. The quantitative estimate of drug-likeness (QED) is 0.563. The van der Waals surface area contributed by atoms with E-state index < -0.39 is 17.8 Å². The lowest BCUT2D eigenvalue weighted by molar-refractivity contribution is 0.0913. The van der Waals surface area contributed by atoms with Gasteiger partial charge in [-0.1, -0.05) is 24.3 Å². The van der Waals surface area contributed by atoms with E-state index in [0.717, 1.165) is 25.2 Å². The second kappa shape index (κ2) is 8.95. The van der Waals surface area contributed by atoms with E-state index >= 15 is 0 Å². The average Bonchev–Trinajstić information content (AvgIpc) is 3.21. The first-order valence-electron chi connectivity index (χ1n) is 11.8. The number of rotatable bonds is 6. The molecule has 3 aliphatic heterocycles. The molecule has 1 saturated heterocycles. The first-order chi connectivity index (χ1) is 17.1. The molecule has 0 saturated carbocycles. The van der Waals surface area contributed by atoms with Gasteiger partial charge in [0, 0.05) is 17.7 Å². The standard InChI is InChI=1S/C25H25FN6O3/c26-17-10-18-20(34)12-27-23-21(18)19(11-17)30-35-24(22(23)25-28-14-29-32(25)8-9-33)16-4-2-15(3-5-16)13-31-6-1-7-31/h2-5,10-11,14,22,24,30,33H,1,6-9,12-13H2. The molecular formula is C25H25FN6O3. The van der Waals surface area contributed by atoms with Crippen LogP contribution in [0, 0.1) is 5.82 Å². The summed E-state index contributed by atoms with van der Waals surface area (Å²) in [7, 11) is 0. The van der Waals surface area contributed by atoms with Crippen LogP contribution in [0.2, 0.25) is 0 Å². The number of halogens is 1. The third kappa shape index (κ3) is 3.93. The molecule has 10 heteroatoms. The molecule has 2 aromatic carbocycles. The predicted octanol–water partition coefficient (Wildman–Crippen LogP) is 2.48. The van der Waals surface area contributed by atoms with E-state index in [-0.39, 0.29) is 31.0 Å². The minimum Gasteiger partial charge on any atom is -0.394 e. The maximum atomic E-state index is 14.4. The fraction of sp³-hybridized carbons (Fsp3) is 0.360. The van der Waals surface area contributed by atoms with Gasteiger partial charge in [-0.05, 0) is 42.8 Å². The van der Waals surface area contributed by atoms with Crippen LogP contribution < -0.4 is 5.48 Å². The third-order valence-corrected chi connectivity index (χ3v) is 6.84. The molecule has 35 heavy (non-hydrogen) atoms. The number of aromatic nitrogens is 3. The normalized spacial score (nSPS) is 21.5. The van der Waals surface area contributed by atoms with Gasteiger partial charge < -0.3 is 5.11 Å². The zero-order valence-corrected chi connectivity index (χ0v) is 19.0. The number of nitrogens with one attached hydrogen (secondary N) is 1. The predicted molar refractivity (Wildman–Crippen MR) is 126 cm³/mol. The number of likely N-dealkylation sites (tertiary alicyclic amines) is 1. The maximum absolute atomic E-state index is 14.4. The van der Waals surface area contributed by atoms with E-state index in [1.807, 2.05) is 12.1 Å². The molecule has 4 heterocycles. The van der Waals surface area contributed by atoms with E-state index in [9.17, 15) is 14.3 Å². The number of hydrogen-bond donors (Lipinski definition) is 2. The Hall–Kier alpha value is -3.47. The number of anilines is 1. The fourth-order valence-electron chi connectivity index (χ4n) is 5.01. The molecule has 0 bridgehead atoms. The number of hydrogen-bond acceptors (Lipinski definition) is 8. The Bertz CT molecular complexity index is 1300. The molecule has 2 unspecified atom stereocenters. The second-order valence-electron chi connectivity index (χ2n) is 9.06. The number of carbonyl (C=O) groups is 1. The second-order valence-corrected chi connectivity index (χ2v) is 9.06. The van der Waals surface area contributed by atoms with Gasteiger partial charge in [0.2, 0.25) is 0 Å². The minimum atomic E-state index is -0.593. The topological polar surface area (TPSA) is 105 Å². The molecule has 0 amide bonds. The first-order valence-corrected chi connectivity index (χ1v) is 11.8. The van der Waals surface area contributed by atoms with Crippen molar-refractivity contribution in [3.63, 3.8) is 0 Å². The van der Waals surface area contributed by atoms with Crippen LogP contribution in [0.5, 0.6) is 0 Å². The largest absolute Gasteiger partial charge is 0.394 e. The van der Waals surface area contributed by atoms with Crippen molar-refractivity contribution in [2.24, 2.45) is 4.99 Å². The molecule has 9 nitrogen and oxygen atoms in total. The van der Waals surface area contributed by atoms with Gasteiger partial charge in [-0.2, -0.15) is 5.10 Å². The van der Waals surface area contributed by atoms with Crippen LogP contribution in [0.3, 0.4) is 0 Å². The highest BCUT2D eigenvalue weighted by Crippen LogP contribution is 2.43. The van der Waals surface area contributed by atoms with Gasteiger partial charge in [0.15, 0.2) is 5.78 Å². The van der Waals surface area contributed by atoms with Crippen molar-refractivity contribution in [2.45, 2.75) is 31.5 Å². The number of nitrogens with zero attached hydrogens (tertiary/aromatic N) is 5. The monoisotopic (exact) mass is 476 g/mol. The zero-order valence-electron chi connectivity index (χ0n) is 19.0. The summed E-state index contributed by atoms with van der Waals surface area (Å²) in [5.74, 6) is -0.781. The van der Waals surface area contributed by atoms with Crippen molar-refractivity contribution in [3.8, 4) is 0 Å². The number of ketones is 1. The van der Waals surface area contributed by atoms with Crippen LogP contribution in [0.1, 0.15) is 51.3 Å². The van der Waals surface area contributed by atoms with Gasteiger partial charge in [-0.15, -0.1) is 0 Å². The third-order valence-electron chi connectivity index (χ3n) is 6.84. The van der Waals surface area contributed by atoms with E-state index in [1.165, 1.54) is 30.4 Å². The lowest BCUT2D eigenvalue weighted by Gasteiger charge is -2.31. The molecule has 0 radical (unpaired) electrons. The number of aliphatic hydroxyl groups is 1. The Kier molecular flexibility index (Phi) is 5.63. The zero-order chi connectivity index (χ0) is 23.9. The summed E-state index contributed by atoms with van der Waals surface area (Å²) >= 11 is 0. The Balaban J connectivity index is 1.46. The molecule has 1 aromatic heterocycles. The van der Waals surface area contributed by atoms with Crippen LogP contribution in [-0.4, -0.2) is 62.5 Å². The van der Waals surface area contributed by atoms with Crippen molar-refractivity contribution in [3.05, 3.63) is 76.6 Å². The number of carbonyl (C=O) groups excluding carboxylic acids is 1. The fourth-order valence-corrected chi connectivity index (χ4v) is 5.01. The van der Waals surface area contributed by atoms with E-state index in [4.69, 9.17) is 4.84 Å². The Labute approximate surface area is 201 Å². The highest BCUT2D eigenvalue weighted by molar-refractivity contribution is 6.20. The number of Topliss-reactive ketones (excluding diaryl/α,β-unsaturated/α-hetero) is 1. The molecule has 6 rings (SSSR count). The highest BCUT2D eigenvalue weighted by Gasteiger charge is 2.41. The summed E-state index contributed by atoms with van der Waals surface area (Å²) in [5, 5.41) is 13.9. The van der Waals surface area contributed by atoms with E-state index in [2.05, 4.69) is 37.6 Å². The highest BCUT2D eigenvalue weighted by atomic mass is 19.1. The summed E-state index contributed by atoms with van der Waals surface area (Å²) in [6, 6.07) is 10.8. The summed E-state index contributed by atoms with van der Waals surface area (Å²) in [6.45, 7) is 3.19. The van der Waals surface area contributed by atoms with Gasteiger partial charge in [-0.3, -0.25) is 25.0 Å². The van der Waals surface area contributed by atoms with Crippen molar-refractivity contribution >= 4 is 17.2 Å². The summed E-state index contributed by atoms with van der Waals surface area (Å²) in [5.41, 5.74) is 6.70. The lowest BCUT2D eigenvalue weighted by Crippen LogP contribution is -2.36. The number of aliphatic hydroxyl groups excluding tert-OH is 1. The van der Waals surface area contributed by atoms with Gasteiger partial charge in [-0.25, -0.2) is 14.1 Å². The molecule has 180 valence electrons. The minimum absolute atomic E-state index is 0.0860. The van der Waals surface area contributed by atoms with Crippen LogP contribution in [0.25, 0.3) is 0 Å². The van der Waals surface area contributed by atoms with Crippen molar-refractivity contribution < 1.29 is 19.1 Å². The first kappa shape index (κ1) is 22.0. The van der Waals surface area contributed by atoms with E-state index in [0.29, 0.717) is 22.8 Å². The maximum Gasteiger partial charge on any atom is 0.185 e. The van der Waals surface area contributed by atoms with Gasteiger partial charge >= 0.3 is 0 Å². The molecular weight excluding hydrogens is 451 g/mol. The number of benzene rings is 2. The molecule has 3 aliphatic rings. The van der Waals surface area contributed by atoms with Crippen molar-refractivity contribution in [1.82, 2.24) is 19.7 Å². The van der Waals surface area contributed by atoms with Crippen LogP contribution in [-0.2, 0) is 17.9 Å². The Morgan fingerprint density at radius 2 is 2.03 bits per heavy atom. The van der Waals surface area contributed by atoms with E-state index in [1.54, 1.807) is 4.68 Å². The van der Waals surface area contributed by atoms with Gasteiger partial charge in [0.25, 0.3) is 0 Å². The summed E-state index contributed by atoms with van der Waals surface area (Å²) in [6.07, 6.45) is 2.08. The Morgan fingerprint density at radius 1 is 1.20 bits per heavy atom. The molecule has 0 aliphatic carbocycles. The summed E-state index contributed by atoms with van der Waals surface area (Å²) in [4.78, 5) is 30.3. The molecule has 2 atom stereocenters. The average molecular weight is 477 g/mol. The molecule has 2 N–H and O–H groups in total. The van der Waals surface area contributed by atoms with Crippen molar-refractivity contribution in [2.75, 3.05) is 31.7 Å². The summed E-state index contributed by atoms with van der Waals surface area (Å²) < 4.78 is 16.0. The molecule has 0 spiro atoms. The SMILES string of the molecule is O=C1CN=C2c3c(cc(F)cc31)NOC(c1ccc(CN3CCC3)cc1)C2c1ncnn1CCO. The molecule has 3 aromatic rings. The van der Waals surface area contributed by atoms with Gasteiger partial charge in [0.1, 0.15) is 30.6 Å². The smallest absolute Gasteiger partial charge is 0.185 e. The van der Waals surface area contributed by atoms with Gasteiger partial charge in [0.05, 0.1) is 30.5 Å². The van der Waals surface area contributed by atoms with Crippen LogP contribution >= 0.6 is 0 Å². The van der Waals surface area contributed by atoms with Crippen LogP contribution in [0.4, 0.5) is 10.1 Å². The van der Waals surface area contributed by atoms with Crippen LogP contribution in [0.15, 0.2) is 47.7 Å².